The van der Waals surface area contributed by atoms with Crippen molar-refractivity contribution in [2.24, 2.45) is 11.8 Å². The van der Waals surface area contributed by atoms with Gasteiger partial charge in [0.25, 0.3) is 0 Å². The van der Waals surface area contributed by atoms with E-state index in [0.29, 0.717) is 6.04 Å². The van der Waals surface area contributed by atoms with Crippen LogP contribution in [0.5, 0.6) is 0 Å². The van der Waals surface area contributed by atoms with E-state index in [2.05, 4.69) is 41.0 Å². The fourth-order valence-corrected chi connectivity index (χ4v) is 2.82. The van der Waals surface area contributed by atoms with E-state index in [1.54, 1.807) is 0 Å². The van der Waals surface area contributed by atoms with Gasteiger partial charge in [-0.3, -0.25) is 0 Å². The van der Waals surface area contributed by atoms with E-state index in [1.165, 1.54) is 25.2 Å². The summed E-state index contributed by atoms with van der Waals surface area (Å²) in [5.74, 6) is 1.65. The van der Waals surface area contributed by atoms with Crippen LogP contribution in [0.15, 0.2) is 30.3 Å². The topological polar surface area (TPSA) is 24.1 Å². The van der Waals surface area contributed by atoms with Crippen molar-refractivity contribution in [3.63, 3.8) is 0 Å². The summed E-state index contributed by atoms with van der Waals surface area (Å²) in [4.78, 5) is 0. The lowest BCUT2D eigenvalue weighted by atomic mass is 9.90. The molecule has 0 unspecified atom stereocenters. The van der Waals surface area contributed by atoms with Crippen molar-refractivity contribution in [3.8, 4) is 0 Å². The summed E-state index contributed by atoms with van der Waals surface area (Å²) in [5, 5.41) is 7.12. The highest BCUT2D eigenvalue weighted by Gasteiger charge is 2.39. The molecular formula is C12H16N2. The minimum atomic E-state index is 0.580. The van der Waals surface area contributed by atoms with Crippen LogP contribution in [-0.2, 0) is 0 Å². The lowest BCUT2D eigenvalue weighted by Gasteiger charge is -2.17. The van der Waals surface area contributed by atoms with Crippen molar-refractivity contribution in [1.29, 1.82) is 0 Å². The van der Waals surface area contributed by atoms with Crippen LogP contribution in [0.1, 0.15) is 11.6 Å². The van der Waals surface area contributed by atoms with Gasteiger partial charge in [0.05, 0.1) is 0 Å². The third-order valence-corrected chi connectivity index (χ3v) is 3.58. The van der Waals surface area contributed by atoms with E-state index in [9.17, 15) is 0 Å². The molecule has 0 saturated carbocycles. The maximum Gasteiger partial charge on any atom is 0.0364 e. The number of hydrogen-bond donors (Lipinski definition) is 2. The Bertz CT molecular complexity index is 309. The third kappa shape index (κ3) is 1.26. The van der Waals surface area contributed by atoms with E-state index >= 15 is 0 Å². The molecular weight excluding hydrogens is 172 g/mol. The second kappa shape index (κ2) is 3.37. The molecule has 0 radical (unpaired) electrons. The highest BCUT2D eigenvalue weighted by atomic mass is 15.0. The number of nitrogens with one attached hydrogen (secondary N) is 2. The molecule has 1 aromatic carbocycles. The Hall–Kier alpha value is -0.860. The molecule has 0 amide bonds. The molecule has 0 aromatic heterocycles. The zero-order valence-corrected chi connectivity index (χ0v) is 8.24. The predicted molar refractivity (Wildman–Crippen MR) is 57.0 cm³/mol. The highest BCUT2D eigenvalue weighted by Crippen LogP contribution is 2.35. The molecule has 3 atom stereocenters. The number of rotatable bonds is 1. The van der Waals surface area contributed by atoms with Crippen LogP contribution < -0.4 is 10.6 Å². The lowest BCUT2D eigenvalue weighted by Crippen LogP contribution is -2.23. The molecule has 14 heavy (non-hydrogen) atoms. The van der Waals surface area contributed by atoms with E-state index in [1.807, 2.05) is 0 Å². The average Bonchev–Trinajstić information content (AvgIpc) is 2.79. The Morgan fingerprint density at radius 3 is 2.71 bits per heavy atom. The van der Waals surface area contributed by atoms with Crippen molar-refractivity contribution in [3.05, 3.63) is 35.9 Å². The zero-order valence-electron chi connectivity index (χ0n) is 8.24. The fourth-order valence-electron chi connectivity index (χ4n) is 2.82. The average molecular weight is 188 g/mol. The first kappa shape index (κ1) is 8.45. The van der Waals surface area contributed by atoms with Gasteiger partial charge in [0, 0.05) is 19.1 Å². The Morgan fingerprint density at radius 1 is 1.00 bits per heavy atom. The van der Waals surface area contributed by atoms with Gasteiger partial charge in [-0.05, 0) is 23.9 Å². The van der Waals surface area contributed by atoms with Gasteiger partial charge in [0.2, 0.25) is 0 Å². The largest absolute Gasteiger partial charge is 0.316 e. The molecule has 0 bridgehead atoms. The van der Waals surface area contributed by atoms with Gasteiger partial charge < -0.3 is 10.6 Å². The van der Waals surface area contributed by atoms with Gasteiger partial charge in [-0.25, -0.2) is 0 Å². The molecule has 2 nitrogen and oxygen atoms in total. The third-order valence-electron chi connectivity index (χ3n) is 3.58. The summed E-state index contributed by atoms with van der Waals surface area (Å²) in [7, 11) is 0. The molecule has 2 aliphatic rings. The van der Waals surface area contributed by atoms with E-state index in [4.69, 9.17) is 0 Å². The van der Waals surface area contributed by atoms with Crippen molar-refractivity contribution in [2.45, 2.75) is 6.04 Å². The summed E-state index contributed by atoms with van der Waals surface area (Å²) in [6.07, 6.45) is 0. The molecule has 0 aliphatic carbocycles. The first-order valence-electron chi connectivity index (χ1n) is 5.44. The first-order valence-corrected chi connectivity index (χ1v) is 5.44. The van der Waals surface area contributed by atoms with E-state index in [-0.39, 0.29) is 0 Å². The summed E-state index contributed by atoms with van der Waals surface area (Å²) in [5.41, 5.74) is 1.45. The van der Waals surface area contributed by atoms with Crippen LogP contribution in [0.2, 0.25) is 0 Å². The van der Waals surface area contributed by atoms with Crippen LogP contribution in [0.25, 0.3) is 0 Å². The van der Waals surface area contributed by atoms with Gasteiger partial charge in [0.15, 0.2) is 0 Å². The summed E-state index contributed by atoms with van der Waals surface area (Å²) >= 11 is 0. The van der Waals surface area contributed by atoms with Gasteiger partial charge >= 0.3 is 0 Å². The number of fused-ring (bicyclic) bond motifs is 1. The van der Waals surface area contributed by atoms with Crippen molar-refractivity contribution in [1.82, 2.24) is 10.6 Å². The Balaban J connectivity index is 1.86. The Kier molecular flexibility index (Phi) is 2.03. The van der Waals surface area contributed by atoms with Crippen LogP contribution in [0.3, 0.4) is 0 Å². The van der Waals surface area contributed by atoms with Gasteiger partial charge in [0.1, 0.15) is 0 Å². The second-order valence-electron chi connectivity index (χ2n) is 4.38. The van der Waals surface area contributed by atoms with E-state index < -0.39 is 0 Å². The monoisotopic (exact) mass is 188 g/mol. The molecule has 2 N–H and O–H groups in total. The first-order chi connectivity index (χ1) is 6.95. The molecule has 3 rings (SSSR count). The predicted octanol–water partition coefficient (Wildman–Crippen LogP) is 1.17. The van der Waals surface area contributed by atoms with E-state index in [0.717, 1.165) is 11.8 Å². The second-order valence-corrected chi connectivity index (χ2v) is 4.38. The minimum absolute atomic E-state index is 0.580. The number of hydrogen-bond acceptors (Lipinski definition) is 2. The number of benzene rings is 1. The summed E-state index contributed by atoms with van der Waals surface area (Å²) < 4.78 is 0. The quantitative estimate of drug-likeness (QED) is 0.691. The zero-order chi connectivity index (χ0) is 9.38. The smallest absolute Gasteiger partial charge is 0.0364 e. The Morgan fingerprint density at radius 2 is 1.86 bits per heavy atom. The molecule has 1 aromatic rings. The van der Waals surface area contributed by atoms with Crippen molar-refractivity contribution in [2.75, 3.05) is 19.6 Å². The van der Waals surface area contributed by atoms with Crippen molar-refractivity contribution < 1.29 is 0 Å². The Labute approximate surface area is 84.7 Å². The highest BCUT2D eigenvalue weighted by molar-refractivity contribution is 5.22. The van der Waals surface area contributed by atoms with Crippen molar-refractivity contribution >= 4 is 0 Å². The van der Waals surface area contributed by atoms with Gasteiger partial charge in [-0.2, -0.15) is 0 Å². The van der Waals surface area contributed by atoms with Crippen LogP contribution in [0.4, 0.5) is 0 Å². The van der Waals surface area contributed by atoms with Crippen LogP contribution >= 0.6 is 0 Å². The van der Waals surface area contributed by atoms with Gasteiger partial charge in [-0.1, -0.05) is 30.3 Å². The lowest BCUT2D eigenvalue weighted by molar-refractivity contribution is 0.450. The molecule has 2 heterocycles. The molecule has 0 spiro atoms. The molecule has 2 fully saturated rings. The fraction of sp³-hybridized carbons (Fsp3) is 0.500. The molecule has 2 heteroatoms. The summed E-state index contributed by atoms with van der Waals surface area (Å²) in [6, 6.07) is 11.4. The van der Waals surface area contributed by atoms with Gasteiger partial charge in [-0.15, -0.1) is 0 Å². The van der Waals surface area contributed by atoms with Crippen LogP contribution in [0, 0.1) is 11.8 Å². The standard InChI is InChI=1S/C12H16N2/c1-2-4-9(5-3-1)12-11-8-13-6-10(11)7-14-12/h1-5,10-14H,6-8H2/t10-,11-,12-/m0/s1. The molecule has 2 aliphatic heterocycles. The minimum Gasteiger partial charge on any atom is -0.316 e. The summed E-state index contributed by atoms with van der Waals surface area (Å²) in [6.45, 7) is 3.55. The molecule has 74 valence electrons. The van der Waals surface area contributed by atoms with Crippen LogP contribution in [-0.4, -0.2) is 19.6 Å². The normalized spacial score (nSPS) is 35.9. The maximum atomic E-state index is 3.63. The molecule has 2 saturated heterocycles. The maximum absolute atomic E-state index is 3.63. The SMILES string of the molecule is c1ccc([C@@H]2NC[C@@H]3CNC[C@@H]32)cc1.